The van der Waals surface area contributed by atoms with E-state index in [2.05, 4.69) is 5.32 Å². The first kappa shape index (κ1) is 21.8. The molecule has 150 valence electrons. The number of hydrogen-bond donors (Lipinski definition) is 2. The van der Waals surface area contributed by atoms with E-state index in [9.17, 15) is 14.0 Å². The van der Waals surface area contributed by atoms with Crippen molar-refractivity contribution in [1.82, 2.24) is 9.80 Å². The number of nitrogens with one attached hydrogen (secondary N) is 1. The molecule has 0 atom stereocenters. The summed E-state index contributed by atoms with van der Waals surface area (Å²) < 4.78 is 12.9. The number of carbonyl (C=O) groups excluding carboxylic acids is 2. The highest BCUT2D eigenvalue weighted by Crippen LogP contribution is 2.11. The summed E-state index contributed by atoms with van der Waals surface area (Å²) >= 11 is 0. The van der Waals surface area contributed by atoms with Crippen LogP contribution in [-0.2, 0) is 11.3 Å². The zero-order chi connectivity index (χ0) is 19.2. The van der Waals surface area contributed by atoms with E-state index < -0.39 is 0 Å². The topological polar surface area (TPSA) is 78.7 Å². The molecule has 1 heterocycles. The molecular formula is C20H24ClFN4O2. The Balaban J connectivity index is 0.00000280. The van der Waals surface area contributed by atoms with Gasteiger partial charge in [-0.2, -0.15) is 0 Å². The molecule has 0 radical (unpaired) electrons. The number of nitrogens with two attached hydrogens (primary N) is 1. The van der Waals surface area contributed by atoms with Crippen LogP contribution in [-0.4, -0.2) is 54.3 Å². The Hall–Kier alpha value is -2.48. The molecule has 0 unspecified atom stereocenters. The van der Waals surface area contributed by atoms with Gasteiger partial charge in [0, 0.05) is 44.0 Å². The molecule has 0 aliphatic carbocycles. The van der Waals surface area contributed by atoms with Crippen LogP contribution in [0.25, 0.3) is 0 Å². The number of carbonyl (C=O) groups is 2. The van der Waals surface area contributed by atoms with Crippen LogP contribution in [0.3, 0.4) is 0 Å². The largest absolute Gasteiger partial charge is 0.336 e. The summed E-state index contributed by atoms with van der Waals surface area (Å²) in [6.45, 7) is 3.09. The third kappa shape index (κ3) is 5.76. The fourth-order valence-electron chi connectivity index (χ4n) is 3.01. The molecule has 0 spiro atoms. The van der Waals surface area contributed by atoms with E-state index in [0.717, 1.165) is 5.56 Å². The van der Waals surface area contributed by atoms with Gasteiger partial charge >= 0.3 is 0 Å². The SMILES string of the molecule is Cl.NCc1ccc(C(=O)N2CCN(CC(=O)Nc3ccc(F)cc3)CC2)cc1. The van der Waals surface area contributed by atoms with Crippen LogP contribution in [0.5, 0.6) is 0 Å². The minimum absolute atomic E-state index is 0. The van der Waals surface area contributed by atoms with Gasteiger partial charge in [0.1, 0.15) is 5.82 Å². The van der Waals surface area contributed by atoms with Crippen molar-refractivity contribution >= 4 is 29.9 Å². The highest BCUT2D eigenvalue weighted by molar-refractivity contribution is 5.94. The first-order chi connectivity index (χ1) is 13.0. The molecule has 0 aromatic heterocycles. The molecule has 1 fully saturated rings. The predicted octanol–water partition coefficient (Wildman–Crippen LogP) is 2.10. The molecular weight excluding hydrogens is 383 g/mol. The van der Waals surface area contributed by atoms with E-state index in [0.29, 0.717) is 44.0 Å². The maximum Gasteiger partial charge on any atom is 0.253 e. The quantitative estimate of drug-likeness (QED) is 0.797. The van der Waals surface area contributed by atoms with Crippen molar-refractivity contribution in [2.24, 2.45) is 5.73 Å². The van der Waals surface area contributed by atoms with Crippen molar-refractivity contribution in [1.29, 1.82) is 0 Å². The van der Waals surface area contributed by atoms with Crippen molar-refractivity contribution in [3.63, 3.8) is 0 Å². The van der Waals surface area contributed by atoms with Crippen LogP contribution in [0.4, 0.5) is 10.1 Å². The highest BCUT2D eigenvalue weighted by Gasteiger charge is 2.23. The molecule has 2 aromatic carbocycles. The van der Waals surface area contributed by atoms with Gasteiger partial charge in [-0.1, -0.05) is 12.1 Å². The van der Waals surface area contributed by atoms with Crippen molar-refractivity contribution in [3.05, 3.63) is 65.5 Å². The van der Waals surface area contributed by atoms with Gasteiger partial charge in [-0.15, -0.1) is 12.4 Å². The number of nitrogens with zero attached hydrogens (tertiary/aromatic N) is 2. The van der Waals surface area contributed by atoms with E-state index in [-0.39, 0.29) is 36.6 Å². The van der Waals surface area contributed by atoms with Crippen molar-refractivity contribution in [2.75, 3.05) is 38.0 Å². The predicted molar refractivity (Wildman–Crippen MR) is 109 cm³/mol. The van der Waals surface area contributed by atoms with Crippen molar-refractivity contribution < 1.29 is 14.0 Å². The average Bonchev–Trinajstić information content (AvgIpc) is 2.70. The number of benzene rings is 2. The average molecular weight is 407 g/mol. The second-order valence-corrected chi connectivity index (χ2v) is 6.52. The van der Waals surface area contributed by atoms with Crippen LogP contribution in [0.1, 0.15) is 15.9 Å². The number of piperazine rings is 1. The van der Waals surface area contributed by atoms with Crippen LogP contribution in [0.2, 0.25) is 0 Å². The summed E-state index contributed by atoms with van der Waals surface area (Å²) in [7, 11) is 0. The minimum Gasteiger partial charge on any atom is -0.336 e. The molecule has 1 saturated heterocycles. The Morgan fingerprint density at radius 2 is 1.57 bits per heavy atom. The van der Waals surface area contributed by atoms with E-state index in [1.165, 1.54) is 24.3 Å². The summed E-state index contributed by atoms with van der Waals surface area (Å²) in [4.78, 5) is 28.5. The minimum atomic E-state index is -0.341. The van der Waals surface area contributed by atoms with Crippen molar-refractivity contribution in [3.8, 4) is 0 Å². The molecule has 1 aliphatic rings. The summed E-state index contributed by atoms with van der Waals surface area (Å²) in [6.07, 6.45) is 0. The zero-order valence-corrected chi connectivity index (χ0v) is 16.3. The first-order valence-electron chi connectivity index (χ1n) is 8.91. The van der Waals surface area contributed by atoms with Crippen LogP contribution in [0.15, 0.2) is 48.5 Å². The Morgan fingerprint density at radius 3 is 2.14 bits per heavy atom. The van der Waals surface area contributed by atoms with Crippen LogP contribution < -0.4 is 11.1 Å². The fourth-order valence-corrected chi connectivity index (χ4v) is 3.01. The normalized spacial score (nSPS) is 14.3. The van der Waals surface area contributed by atoms with Gasteiger partial charge < -0.3 is 16.0 Å². The maximum atomic E-state index is 12.9. The lowest BCUT2D eigenvalue weighted by Gasteiger charge is -2.34. The van der Waals surface area contributed by atoms with E-state index in [1.54, 1.807) is 17.0 Å². The second-order valence-electron chi connectivity index (χ2n) is 6.52. The lowest BCUT2D eigenvalue weighted by Crippen LogP contribution is -2.50. The number of halogens is 2. The Morgan fingerprint density at radius 1 is 0.964 bits per heavy atom. The molecule has 0 saturated carbocycles. The standard InChI is InChI=1S/C20H23FN4O2.ClH/c21-17-5-7-18(8-6-17)23-19(26)14-24-9-11-25(12-10-24)20(27)16-3-1-15(13-22)2-4-16;/h1-8H,9-14,22H2,(H,23,26);1H. The third-order valence-corrected chi connectivity index (χ3v) is 4.59. The Bertz CT molecular complexity index is 791. The maximum absolute atomic E-state index is 12.9. The van der Waals surface area contributed by atoms with E-state index >= 15 is 0 Å². The molecule has 2 amide bonds. The van der Waals surface area contributed by atoms with Gasteiger partial charge in [-0.05, 0) is 42.0 Å². The van der Waals surface area contributed by atoms with Gasteiger partial charge in [0.25, 0.3) is 5.91 Å². The molecule has 8 heteroatoms. The van der Waals surface area contributed by atoms with Gasteiger partial charge in [0.05, 0.1) is 6.54 Å². The Kier molecular flexibility index (Phi) is 7.92. The van der Waals surface area contributed by atoms with Gasteiger partial charge in [-0.3, -0.25) is 14.5 Å². The Labute approximate surface area is 169 Å². The van der Waals surface area contributed by atoms with E-state index in [1.807, 2.05) is 17.0 Å². The molecule has 3 rings (SSSR count). The molecule has 2 aromatic rings. The van der Waals surface area contributed by atoms with Crippen LogP contribution >= 0.6 is 12.4 Å². The lowest BCUT2D eigenvalue weighted by molar-refractivity contribution is -0.117. The smallest absolute Gasteiger partial charge is 0.253 e. The lowest BCUT2D eigenvalue weighted by atomic mass is 10.1. The molecule has 1 aliphatic heterocycles. The summed E-state index contributed by atoms with van der Waals surface area (Å²) in [5.41, 5.74) is 7.78. The number of hydrogen-bond acceptors (Lipinski definition) is 4. The van der Waals surface area contributed by atoms with Crippen molar-refractivity contribution in [2.45, 2.75) is 6.54 Å². The first-order valence-corrected chi connectivity index (χ1v) is 8.91. The molecule has 3 N–H and O–H groups in total. The summed E-state index contributed by atoms with van der Waals surface area (Å²) in [5, 5.41) is 2.75. The second kappa shape index (κ2) is 10.2. The number of rotatable bonds is 5. The van der Waals surface area contributed by atoms with Gasteiger partial charge in [0.15, 0.2) is 0 Å². The van der Waals surface area contributed by atoms with Gasteiger partial charge in [-0.25, -0.2) is 4.39 Å². The summed E-state index contributed by atoms with van der Waals surface area (Å²) in [5.74, 6) is -0.501. The van der Waals surface area contributed by atoms with Gasteiger partial charge in [0.2, 0.25) is 5.91 Å². The fraction of sp³-hybridized carbons (Fsp3) is 0.300. The summed E-state index contributed by atoms with van der Waals surface area (Å²) in [6, 6.07) is 13.0. The number of anilines is 1. The molecule has 0 bridgehead atoms. The molecule has 28 heavy (non-hydrogen) atoms. The zero-order valence-electron chi connectivity index (χ0n) is 15.4. The third-order valence-electron chi connectivity index (χ3n) is 4.59. The number of amides is 2. The van der Waals surface area contributed by atoms with Crippen LogP contribution in [0, 0.1) is 5.82 Å². The monoisotopic (exact) mass is 406 g/mol. The molecule has 6 nitrogen and oxygen atoms in total. The van der Waals surface area contributed by atoms with E-state index in [4.69, 9.17) is 5.73 Å². The highest BCUT2D eigenvalue weighted by atomic mass is 35.5.